The van der Waals surface area contributed by atoms with Crippen LogP contribution in [0.3, 0.4) is 0 Å². The molecule has 1 aromatic heterocycles. The van der Waals surface area contributed by atoms with Crippen LogP contribution in [0.1, 0.15) is 37.6 Å². The van der Waals surface area contributed by atoms with Crippen LogP contribution in [0.15, 0.2) is 67.1 Å². The van der Waals surface area contributed by atoms with Crippen molar-refractivity contribution in [2.45, 2.75) is 12.5 Å². The zero-order valence-electron chi connectivity index (χ0n) is 19.5. The van der Waals surface area contributed by atoms with Crippen molar-refractivity contribution in [3.8, 4) is 5.75 Å². The second kappa shape index (κ2) is 11.2. The topological polar surface area (TPSA) is 157 Å². The molecule has 0 bridgehead atoms. The highest BCUT2D eigenvalue weighted by atomic mass is 16.5. The molecule has 1 unspecified atom stereocenters. The number of carbonyl (C=O) groups is 5. The van der Waals surface area contributed by atoms with Crippen LogP contribution in [0, 0.1) is 0 Å². The highest BCUT2D eigenvalue weighted by Gasteiger charge is 2.39. The number of methoxy groups -OCH3 is 1. The van der Waals surface area contributed by atoms with Crippen LogP contribution in [0.5, 0.6) is 5.75 Å². The summed E-state index contributed by atoms with van der Waals surface area (Å²) in [6, 6.07) is 11.1. The number of nitrogens with one attached hydrogen (secondary N) is 2. The summed E-state index contributed by atoms with van der Waals surface area (Å²) in [4.78, 5) is 70.6. The fourth-order valence-corrected chi connectivity index (χ4v) is 3.49. The minimum atomic E-state index is -0.986. The summed E-state index contributed by atoms with van der Waals surface area (Å²) >= 11 is 0. The number of hydrogen-bond acceptors (Lipinski definition) is 10. The normalized spacial score (nSPS) is 14.8. The summed E-state index contributed by atoms with van der Waals surface area (Å²) in [5, 5.41) is 0. The lowest BCUT2D eigenvalue weighted by Gasteiger charge is -2.16. The van der Waals surface area contributed by atoms with E-state index in [1.165, 1.54) is 50.0 Å². The van der Waals surface area contributed by atoms with Crippen molar-refractivity contribution in [2.24, 2.45) is 0 Å². The molecule has 3 amide bonds. The number of carbonyl (C=O) groups excluding carboxylic acids is 5. The molecular formula is C25H21N5O7. The van der Waals surface area contributed by atoms with E-state index >= 15 is 0 Å². The molecule has 1 aliphatic rings. The minimum Gasteiger partial charge on any atom is -0.497 e. The predicted octanol–water partition coefficient (Wildman–Crippen LogP) is 1.09. The third-order valence-electron chi connectivity index (χ3n) is 5.39. The van der Waals surface area contributed by atoms with E-state index in [4.69, 9.17) is 9.47 Å². The number of rotatable bonds is 9. The molecule has 3 aromatic rings. The van der Waals surface area contributed by atoms with E-state index in [2.05, 4.69) is 20.8 Å². The van der Waals surface area contributed by atoms with Gasteiger partial charge in [-0.2, -0.15) is 0 Å². The number of benzene rings is 2. The average molecular weight is 503 g/mol. The molecule has 0 saturated carbocycles. The van der Waals surface area contributed by atoms with Gasteiger partial charge >= 0.3 is 5.97 Å². The molecule has 37 heavy (non-hydrogen) atoms. The van der Waals surface area contributed by atoms with Gasteiger partial charge in [-0.15, -0.1) is 0 Å². The molecule has 1 atom stereocenters. The zero-order valence-corrected chi connectivity index (χ0v) is 19.5. The van der Waals surface area contributed by atoms with Crippen molar-refractivity contribution in [1.29, 1.82) is 0 Å². The van der Waals surface area contributed by atoms with E-state index in [0.29, 0.717) is 11.3 Å². The number of esters is 1. The van der Waals surface area contributed by atoms with Crippen molar-refractivity contribution in [2.75, 3.05) is 18.6 Å². The van der Waals surface area contributed by atoms with Gasteiger partial charge in [-0.05, 0) is 36.4 Å². The lowest BCUT2D eigenvalue weighted by Crippen LogP contribution is -2.48. The van der Waals surface area contributed by atoms with Gasteiger partial charge in [0, 0.05) is 18.0 Å². The summed E-state index contributed by atoms with van der Waals surface area (Å²) in [5.41, 5.74) is 5.63. The fraction of sp³-hybridized carbons (Fsp3) is 0.160. The first-order chi connectivity index (χ1) is 17.9. The monoisotopic (exact) mass is 503 g/mol. The van der Waals surface area contributed by atoms with Crippen LogP contribution >= 0.6 is 0 Å². The second-order valence-electron chi connectivity index (χ2n) is 7.79. The summed E-state index contributed by atoms with van der Waals surface area (Å²) in [7, 11) is 1.48. The van der Waals surface area contributed by atoms with E-state index in [1.54, 1.807) is 24.3 Å². The number of hydrazine groups is 1. The molecule has 2 N–H and O–H groups in total. The highest BCUT2D eigenvalue weighted by molar-refractivity contribution is 6.22. The molecule has 4 rings (SSSR count). The smallest absolute Gasteiger partial charge is 0.338 e. The van der Waals surface area contributed by atoms with Gasteiger partial charge < -0.3 is 9.47 Å². The molecular weight excluding hydrogens is 482 g/mol. The van der Waals surface area contributed by atoms with Gasteiger partial charge in [0.1, 0.15) is 17.5 Å². The number of nitrogens with zero attached hydrogens (tertiary/aromatic N) is 3. The maximum atomic E-state index is 12.8. The minimum absolute atomic E-state index is 0.0382. The van der Waals surface area contributed by atoms with Crippen LogP contribution in [-0.2, 0) is 14.3 Å². The van der Waals surface area contributed by atoms with Gasteiger partial charge in [0.05, 0.1) is 31.0 Å². The van der Waals surface area contributed by atoms with Crippen molar-refractivity contribution in [3.05, 3.63) is 83.9 Å². The highest BCUT2D eigenvalue weighted by Crippen LogP contribution is 2.23. The number of imide groups is 1. The Bertz CT molecular complexity index is 1350. The predicted molar refractivity (Wildman–Crippen MR) is 128 cm³/mol. The molecule has 0 aliphatic carbocycles. The SMILES string of the molecule is COc1cccc(C(=O)COC(=O)c2ccc(N3C(=O)CC(NNC(=O)c4cnccn4)C3=O)cc2)c1. The maximum Gasteiger partial charge on any atom is 0.338 e. The number of hydrogen-bond donors (Lipinski definition) is 2. The maximum absolute atomic E-state index is 12.8. The van der Waals surface area contributed by atoms with Gasteiger partial charge in [0.15, 0.2) is 12.4 Å². The number of anilines is 1. The average Bonchev–Trinajstić information content (AvgIpc) is 3.23. The van der Waals surface area contributed by atoms with Gasteiger partial charge in [-0.1, -0.05) is 12.1 Å². The molecule has 1 fully saturated rings. The number of ether oxygens (including phenoxy) is 2. The lowest BCUT2D eigenvalue weighted by atomic mass is 10.1. The Morgan fingerprint density at radius 3 is 2.54 bits per heavy atom. The van der Waals surface area contributed by atoms with Crippen molar-refractivity contribution in [1.82, 2.24) is 20.8 Å². The molecule has 1 aliphatic heterocycles. The first-order valence-corrected chi connectivity index (χ1v) is 11.0. The van der Waals surface area contributed by atoms with Gasteiger partial charge in [0.2, 0.25) is 5.91 Å². The summed E-state index contributed by atoms with van der Waals surface area (Å²) in [6.45, 7) is -0.468. The van der Waals surface area contributed by atoms with Crippen LogP contribution < -0.4 is 20.5 Å². The Kier molecular flexibility index (Phi) is 7.59. The van der Waals surface area contributed by atoms with E-state index in [1.807, 2.05) is 0 Å². The molecule has 2 heterocycles. The Labute approximate surface area is 210 Å². The second-order valence-corrected chi connectivity index (χ2v) is 7.79. The van der Waals surface area contributed by atoms with Crippen LogP contribution in [0.25, 0.3) is 0 Å². The van der Waals surface area contributed by atoms with Gasteiger partial charge in [0.25, 0.3) is 11.8 Å². The first-order valence-electron chi connectivity index (χ1n) is 11.0. The summed E-state index contributed by atoms with van der Waals surface area (Å²) in [6.07, 6.45) is 3.83. The van der Waals surface area contributed by atoms with Crippen LogP contribution in [0.4, 0.5) is 5.69 Å². The van der Waals surface area contributed by atoms with Crippen molar-refractivity contribution < 1.29 is 33.4 Å². The number of amides is 3. The van der Waals surface area contributed by atoms with Gasteiger partial charge in [-0.3, -0.25) is 29.6 Å². The Balaban J connectivity index is 1.33. The van der Waals surface area contributed by atoms with Crippen molar-refractivity contribution in [3.63, 3.8) is 0 Å². The van der Waals surface area contributed by atoms with Crippen LogP contribution in [0.2, 0.25) is 0 Å². The largest absolute Gasteiger partial charge is 0.497 e. The van der Waals surface area contributed by atoms with E-state index in [9.17, 15) is 24.0 Å². The third-order valence-corrected chi connectivity index (χ3v) is 5.39. The molecule has 2 aromatic carbocycles. The van der Waals surface area contributed by atoms with Crippen molar-refractivity contribution >= 4 is 35.2 Å². The Hall–Kier alpha value is -4.97. The summed E-state index contributed by atoms with van der Waals surface area (Å²) in [5.74, 6) is -2.32. The van der Waals surface area contributed by atoms with E-state index in [-0.39, 0.29) is 23.4 Å². The molecule has 0 spiro atoms. The Morgan fingerprint density at radius 2 is 1.84 bits per heavy atom. The zero-order chi connectivity index (χ0) is 26.4. The molecule has 0 radical (unpaired) electrons. The molecule has 188 valence electrons. The molecule has 12 heteroatoms. The standard InChI is InChI=1S/C25H21N5O7/c1-36-18-4-2-3-16(11-18)21(31)14-37-25(35)15-5-7-17(8-6-15)30-22(32)12-19(24(30)34)28-29-23(33)20-13-26-9-10-27-20/h2-11,13,19,28H,12,14H2,1H3,(H,29,33). The Morgan fingerprint density at radius 1 is 1.05 bits per heavy atom. The lowest BCUT2D eigenvalue weighted by molar-refractivity contribution is -0.121. The fourth-order valence-electron chi connectivity index (χ4n) is 3.49. The molecule has 1 saturated heterocycles. The molecule has 12 nitrogen and oxygen atoms in total. The quantitative estimate of drug-likeness (QED) is 0.187. The first kappa shape index (κ1) is 25.1. The third kappa shape index (κ3) is 5.82. The van der Waals surface area contributed by atoms with E-state index < -0.39 is 42.1 Å². The number of Topliss-reactive ketones (excluding diaryl/α,β-unsaturated/α-hetero) is 1. The number of aromatic nitrogens is 2. The van der Waals surface area contributed by atoms with Crippen LogP contribution in [-0.4, -0.2) is 59.2 Å². The summed E-state index contributed by atoms with van der Waals surface area (Å²) < 4.78 is 10.2. The number of ketones is 1. The van der Waals surface area contributed by atoms with Gasteiger partial charge in [-0.25, -0.2) is 20.1 Å². The van der Waals surface area contributed by atoms with E-state index in [0.717, 1.165) is 4.90 Å².